The molecule has 0 aliphatic carbocycles. The summed E-state index contributed by atoms with van der Waals surface area (Å²) in [6.07, 6.45) is 1.49. The van der Waals surface area contributed by atoms with Crippen LogP contribution in [0.1, 0.15) is 6.92 Å². The minimum atomic E-state index is -0.189. The highest BCUT2D eigenvalue weighted by Gasteiger charge is 2.23. The van der Waals surface area contributed by atoms with Gasteiger partial charge in [0.2, 0.25) is 0 Å². The number of nitriles is 1. The molecular formula is C12H21N5O. The molecule has 1 amide bonds. The first kappa shape index (κ1) is 14.5. The van der Waals surface area contributed by atoms with Gasteiger partial charge >= 0.3 is 0 Å². The molecule has 1 saturated heterocycles. The number of carbonyl (C=O) groups excluding carboxylic acids is 1. The van der Waals surface area contributed by atoms with Crippen LogP contribution in [0.2, 0.25) is 0 Å². The number of amides is 1. The summed E-state index contributed by atoms with van der Waals surface area (Å²) in [7, 11) is 0. The van der Waals surface area contributed by atoms with E-state index in [4.69, 9.17) is 11.0 Å². The zero-order valence-electron chi connectivity index (χ0n) is 10.9. The molecule has 0 unspecified atom stereocenters. The first-order chi connectivity index (χ1) is 8.72. The number of carbonyl (C=O) groups is 1. The second kappa shape index (κ2) is 7.69. The third kappa shape index (κ3) is 4.02. The van der Waals surface area contributed by atoms with E-state index in [9.17, 15) is 4.79 Å². The zero-order valence-corrected chi connectivity index (χ0v) is 10.9. The van der Waals surface area contributed by atoms with Gasteiger partial charge in [0.15, 0.2) is 0 Å². The number of piperazine rings is 1. The quantitative estimate of drug-likeness (QED) is 0.489. The molecule has 0 radical (unpaired) electrons. The van der Waals surface area contributed by atoms with E-state index in [0.29, 0.717) is 26.2 Å². The van der Waals surface area contributed by atoms with Gasteiger partial charge in [-0.1, -0.05) is 0 Å². The summed E-state index contributed by atoms with van der Waals surface area (Å²) in [5.41, 5.74) is 5.67. The lowest BCUT2D eigenvalue weighted by atomic mass is 10.2. The van der Waals surface area contributed by atoms with Crippen molar-refractivity contribution in [3.8, 4) is 6.07 Å². The molecule has 0 aromatic rings. The van der Waals surface area contributed by atoms with Crippen molar-refractivity contribution < 1.29 is 4.79 Å². The molecule has 1 aliphatic rings. The van der Waals surface area contributed by atoms with Gasteiger partial charge in [0.25, 0.3) is 5.91 Å². The smallest absolute Gasteiger partial charge is 0.266 e. The standard InChI is InChI=1S/C12H21N5O/c1-2-15-10-11(9-14)12(18)17-7-5-16(4-3-13)6-8-17/h10,15H,2-8,13H2,1H3/b11-10-. The van der Waals surface area contributed by atoms with Crippen LogP contribution in [0.4, 0.5) is 0 Å². The maximum absolute atomic E-state index is 12.1. The highest BCUT2D eigenvalue weighted by atomic mass is 16.2. The van der Waals surface area contributed by atoms with Crippen molar-refractivity contribution in [3.05, 3.63) is 11.8 Å². The van der Waals surface area contributed by atoms with Crippen LogP contribution in [0.5, 0.6) is 0 Å². The van der Waals surface area contributed by atoms with Gasteiger partial charge in [0.1, 0.15) is 11.6 Å². The lowest BCUT2D eigenvalue weighted by Gasteiger charge is -2.34. The van der Waals surface area contributed by atoms with Crippen LogP contribution in [-0.2, 0) is 4.79 Å². The van der Waals surface area contributed by atoms with Gasteiger partial charge in [-0.2, -0.15) is 5.26 Å². The summed E-state index contributed by atoms with van der Waals surface area (Å²) in [4.78, 5) is 16.0. The Kier molecular flexibility index (Phi) is 6.19. The molecule has 0 aromatic heterocycles. The molecule has 6 heteroatoms. The lowest BCUT2D eigenvalue weighted by molar-refractivity contribution is -0.128. The Bertz CT molecular complexity index is 339. The molecule has 1 fully saturated rings. The molecule has 0 bridgehead atoms. The molecule has 1 aliphatic heterocycles. The molecular weight excluding hydrogens is 230 g/mol. The van der Waals surface area contributed by atoms with Gasteiger partial charge in [0.05, 0.1) is 0 Å². The molecule has 0 aromatic carbocycles. The van der Waals surface area contributed by atoms with Crippen LogP contribution < -0.4 is 11.1 Å². The van der Waals surface area contributed by atoms with Crippen LogP contribution in [-0.4, -0.2) is 61.5 Å². The summed E-state index contributed by atoms with van der Waals surface area (Å²) < 4.78 is 0. The SMILES string of the molecule is CCN/C=C(/C#N)C(=O)N1CCN(CCN)CC1. The average Bonchev–Trinajstić information content (AvgIpc) is 2.40. The van der Waals surface area contributed by atoms with Crippen molar-refractivity contribution in [2.75, 3.05) is 45.8 Å². The van der Waals surface area contributed by atoms with Crippen LogP contribution in [0.15, 0.2) is 11.8 Å². The zero-order chi connectivity index (χ0) is 13.4. The number of nitrogens with one attached hydrogen (secondary N) is 1. The maximum Gasteiger partial charge on any atom is 0.266 e. The van der Waals surface area contributed by atoms with E-state index < -0.39 is 0 Å². The van der Waals surface area contributed by atoms with E-state index in [1.165, 1.54) is 6.20 Å². The minimum Gasteiger partial charge on any atom is -0.390 e. The largest absolute Gasteiger partial charge is 0.390 e. The second-order valence-corrected chi connectivity index (χ2v) is 4.15. The molecule has 6 nitrogen and oxygen atoms in total. The summed E-state index contributed by atoms with van der Waals surface area (Å²) in [5.74, 6) is -0.189. The molecule has 1 heterocycles. The van der Waals surface area contributed by atoms with Crippen molar-refractivity contribution in [2.24, 2.45) is 5.73 Å². The fourth-order valence-corrected chi connectivity index (χ4v) is 1.87. The molecule has 100 valence electrons. The van der Waals surface area contributed by atoms with Gasteiger partial charge < -0.3 is 16.0 Å². The third-order valence-corrected chi connectivity index (χ3v) is 2.91. The predicted octanol–water partition coefficient (Wildman–Crippen LogP) is -0.894. The van der Waals surface area contributed by atoms with Gasteiger partial charge in [-0.15, -0.1) is 0 Å². The number of nitrogens with two attached hydrogens (primary N) is 1. The monoisotopic (exact) mass is 251 g/mol. The molecule has 0 atom stereocenters. The van der Waals surface area contributed by atoms with Crippen molar-refractivity contribution in [1.29, 1.82) is 5.26 Å². The maximum atomic E-state index is 12.1. The van der Waals surface area contributed by atoms with Crippen LogP contribution in [0, 0.1) is 11.3 Å². The van der Waals surface area contributed by atoms with Gasteiger partial charge in [-0.05, 0) is 6.92 Å². The third-order valence-electron chi connectivity index (χ3n) is 2.91. The number of nitrogens with zero attached hydrogens (tertiary/aromatic N) is 3. The van der Waals surface area contributed by atoms with E-state index in [0.717, 1.165) is 19.6 Å². The van der Waals surface area contributed by atoms with E-state index >= 15 is 0 Å². The minimum absolute atomic E-state index is 0.170. The Labute approximate surface area is 108 Å². The number of hydrogen-bond acceptors (Lipinski definition) is 5. The van der Waals surface area contributed by atoms with Crippen molar-refractivity contribution in [2.45, 2.75) is 6.92 Å². The normalized spacial score (nSPS) is 17.4. The first-order valence-electron chi connectivity index (χ1n) is 6.28. The first-order valence-corrected chi connectivity index (χ1v) is 6.28. The van der Waals surface area contributed by atoms with Crippen LogP contribution in [0.25, 0.3) is 0 Å². The molecule has 1 rings (SSSR count). The molecule has 0 spiro atoms. The summed E-state index contributed by atoms with van der Waals surface area (Å²) in [6, 6.07) is 1.94. The molecule has 3 N–H and O–H groups in total. The number of rotatable bonds is 5. The summed E-state index contributed by atoms with van der Waals surface area (Å²) in [6.45, 7) is 7.07. The molecule has 0 saturated carbocycles. The highest BCUT2D eigenvalue weighted by Crippen LogP contribution is 2.06. The Morgan fingerprint density at radius 3 is 2.61 bits per heavy atom. The fourth-order valence-electron chi connectivity index (χ4n) is 1.87. The number of hydrogen-bond donors (Lipinski definition) is 2. The van der Waals surface area contributed by atoms with Crippen molar-refractivity contribution in [3.63, 3.8) is 0 Å². The van der Waals surface area contributed by atoms with E-state index in [1.807, 2.05) is 13.0 Å². The molecule has 18 heavy (non-hydrogen) atoms. The summed E-state index contributed by atoms with van der Waals surface area (Å²) >= 11 is 0. The Morgan fingerprint density at radius 2 is 2.11 bits per heavy atom. The highest BCUT2D eigenvalue weighted by molar-refractivity contribution is 5.97. The van der Waals surface area contributed by atoms with Crippen molar-refractivity contribution in [1.82, 2.24) is 15.1 Å². The van der Waals surface area contributed by atoms with E-state index in [-0.39, 0.29) is 11.5 Å². The van der Waals surface area contributed by atoms with Gasteiger partial charge in [-0.3, -0.25) is 9.69 Å². The van der Waals surface area contributed by atoms with Crippen LogP contribution >= 0.6 is 0 Å². The van der Waals surface area contributed by atoms with Crippen LogP contribution in [0.3, 0.4) is 0 Å². The van der Waals surface area contributed by atoms with Gasteiger partial charge in [-0.25, -0.2) is 0 Å². The Balaban J connectivity index is 2.51. The van der Waals surface area contributed by atoms with Crippen molar-refractivity contribution >= 4 is 5.91 Å². The Morgan fingerprint density at radius 1 is 1.44 bits per heavy atom. The van der Waals surface area contributed by atoms with Gasteiger partial charge in [0, 0.05) is 52.0 Å². The predicted molar refractivity (Wildman–Crippen MR) is 69.4 cm³/mol. The average molecular weight is 251 g/mol. The fraction of sp³-hybridized carbons (Fsp3) is 0.667. The topological polar surface area (TPSA) is 85.4 Å². The second-order valence-electron chi connectivity index (χ2n) is 4.15. The van der Waals surface area contributed by atoms with E-state index in [2.05, 4.69) is 10.2 Å². The van der Waals surface area contributed by atoms with E-state index in [1.54, 1.807) is 4.90 Å². The summed E-state index contributed by atoms with van der Waals surface area (Å²) in [5, 5.41) is 11.8. The Hall–Kier alpha value is -1.58. The lowest BCUT2D eigenvalue weighted by Crippen LogP contribution is -2.50.